The van der Waals surface area contributed by atoms with E-state index in [1.807, 2.05) is 18.7 Å². The van der Waals surface area contributed by atoms with Crippen molar-refractivity contribution in [2.45, 2.75) is 51.4 Å². The van der Waals surface area contributed by atoms with Crippen molar-refractivity contribution in [1.82, 2.24) is 15.1 Å². The lowest BCUT2D eigenvalue weighted by molar-refractivity contribution is -0.135. The fraction of sp³-hybridized carbons (Fsp3) is 0.786. The Morgan fingerprint density at radius 1 is 1.11 bits per heavy atom. The SMILES string of the molecule is CC(C)C(=O)N1CCC(c2nnc(C3CC3)o2)CC1. The van der Waals surface area contributed by atoms with Crippen LogP contribution in [-0.4, -0.2) is 34.1 Å². The lowest BCUT2D eigenvalue weighted by Crippen LogP contribution is -2.40. The molecule has 1 aliphatic heterocycles. The monoisotopic (exact) mass is 263 g/mol. The van der Waals surface area contributed by atoms with Gasteiger partial charge in [0.05, 0.1) is 0 Å². The first-order valence-electron chi connectivity index (χ1n) is 7.27. The van der Waals surface area contributed by atoms with Gasteiger partial charge in [0.15, 0.2) is 0 Å². The van der Waals surface area contributed by atoms with Crippen LogP contribution in [0.4, 0.5) is 0 Å². The van der Waals surface area contributed by atoms with Crippen molar-refractivity contribution in [1.29, 1.82) is 0 Å². The Bertz CT molecular complexity index is 457. The summed E-state index contributed by atoms with van der Waals surface area (Å²) in [6, 6.07) is 0. The Morgan fingerprint density at radius 3 is 2.11 bits per heavy atom. The third kappa shape index (κ3) is 2.65. The average Bonchev–Trinajstić information content (AvgIpc) is 3.16. The number of aromatic nitrogens is 2. The number of carbonyl (C=O) groups excluding carboxylic acids is 1. The van der Waals surface area contributed by atoms with Gasteiger partial charge in [-0.1, -0.05) is 13.8 Å². The van der Waals surface area contributed by atoms with Crippen molar-refractivity contribution in [3.8, 4) is 0 Å². The minimum absolute atomic E-state index is 0.0847. The summed E-state index contributed by atoms with van der Waals surface area (Å²) >= 11 is 0. The standard InChI is InChI=1S/C14H21N3O2/c1-9(2)14(18)17-7-5-11(6-8-17)13-16-15-12(19-13)10-3-4-10/h9-11H,3-8H2,1-2H3. The Balaban J connectivity index is 1.58. The van der Waals surface area contributed by atoms with Crippen molar-refractivity contribution in [2.24, 2.45) is 5.92 Å². The normalized spacial score (nSPS) is 21.1. The Morgan fingerprint density at radius 2 is 1.63 bits per heavy atom. The second-order valence-corrected chi connectivity index (χ2v) is 6.01. The summed E-state index contributed by atoms with van der Waals surface area (Å²) in [5.74, 6) is 2.78. The topological polar surface area (TPSA) is 59.2 Å². The van der Waals surface area contributed by atoms with Gasteiger partial charge in [-0.05, 0) is 25.7 Å². The largest absolute Gasteiger partial charge is 0.425 e. The Hall–Kier alpha value is -1.39. The maximum Gasteiger partial charge on any atom is 0.225 e. The summed E-state index contributed by atoms with van der Waals surface area (Å²) in [6.07, 6.45) is 4.24. The highest BCUT2D eigenvalue weighted by Gasteiger charge is 2.32. The molecule has 1 aliphatic carbocycles. The third-order valence-electron chi connectivity index (χ3n) is 4.03. The predicted molar refractivity (Wildman–Crippen MR) is 69.7 cm³/mol. The molecule has 1 aromatic rings. The zero-order chi connectivity index (χ0) is 13.4. The zero-order valence-corrected chi connectivity index (χ0v) is 11.6. The van der Waals surface area contributed by atoms with E-state index in [2.05, 4.69) is 10.2 Å². The summed E-state index contributed by atoms with van der Waals surface area (Å²) in [4.78, 5) is 13.9. The van der Waals surface area contributed by atoms with Gasteiger partial charge < -0.3 is 9.32 Å². The van der Waals surface area contributed by atoms with Crippen LogP contribution in [0.3, 0.4) is 0 Å². The molecule has 0 atom stereocenters. The van der Waals surface area contributed by atoms with E-state index in [1.165, 1.54) is 12.8 Å². The van der Waals surface area contributed by atoms with E-state index in [9.17, 15) is 4.79 Å². The number of hydrogen-bond donors (Lipinski definition) is 0. The third-order valence-corrected chi connectivity index (χ3v) is 4.03. The fourth-order valence-electron chi connectivity index (χ4n) is 2.62. The van der Waals surface area contributed by atoms with Crippen molar-refractivity contribution in [2.75, 3.05) is 13.1 Å². The fourth-order valence-corrected chi connectivity index (χ4v) is 2.62. The van der Waals surface area contributed by atoms with Gasteiger partial charge in [0, 0.05) is 30.8 Å². The maximum atomic E-state index is 11.9. The van der Waals surface area contributed by atoms with Gasteiger partial charge in [0.25, 0.3) is 0 Å². The number of hydrogen-bond acceptors (Lipinski definition) is 4. The highest BCUT2D eigenvalue weighted by molar-refractivity contribution is 5.78. The number of likely N-dealkylation sites (tertiary alicyclic amines) is 1. The molecule has 1 saturated carbocycles. The van der Waals surface area contributed by atoms with E-state index in [0.717, 1.165) is 37.7 Å². The first kappa shape index (κ1) is 12.6. The van der Waals surface area contributed by atoms with Crippen molar-refractivity contribution < 1.29 is 9.21 Å². The van der Waals surface area contributed by atoms with Crippen LogP contribution in [0, 0.1) is 5.92 Å². The van der Waals surface area contributed by atoms with Crippen LogP contribution >= 0.6 is 0 Å². The lowest BCUT2D eigenvalue weighted by Gasteiger charge is -2.31. The van der Waals surface area contributed by atoms with Crippen molar-refractivity contribution in [3.05, 3.63) is 11.8 Å². The number of piperidine rings is 1. The molecule has 5 heteroatoms. The lowest BCUT2D eigenvalue weighted by atomic mass is 9.96. The molecule has 1 aromatic heterocycles. The van der Waals surface area contributed by atoms with Crippen LogP contribution in [0.1, 0.15) is 63.1 Å². The molecule has 0 spiro atoms. The van der Waals surface area contributed by atoms with Gasteiger partial charge in [0.2, 0.25) is 17.7 Å². The Labute approximate surface area is 113 Å². The van der Waals surface area contributed by atoms with Crippen LogP contribution < -0.4 is 0 Å². The molecule has 1 saturated heterocycles. The minimum Gasteiger partial charge on any atom is -0.425 e. The number of amides is 1. The second kappa shape index (κ2) is 4.94. The van der Waals surface area contributed by atoms with E-state index >= 15 is 0 Å². The quantitative estimate of drug-likeness (QED) is 0.839. The first-order valence-corrected chi connectivity index (χ1v) is 7.27. The first-order chi connectivity index (χ1) is 9.15. The molecule has 3 rings (SSSR count). The zero-order valence-electron chi connectivity index (χ0n) is 11.6. The number of nitrogens with zero attached hydrogens (tertiary/aromatic N) is 3. The molecule has 0 aromatic carbocycles. The Kier molecular flexibility index (Phi) is 3.29. The van der Waals surface area contributed by atoms with E-state index < -0.39 is 0 Å². The molecule has 2 aliphatic rings. The minimum atomic E-state index is 0.0847. The summed E-state index contributed by atoms with van der Waals surface area (Å²) in [7, 11) is 0. The van der Waals surface area contributed by atoms with E-state index in [0.29, 0.717) is 11.8 Å². The molecule has 2 heterocycles. The summed E-state index contributed by atoms with van der Waals surface area (Å²) in [5.41, 5.74) is 0. The van der Waals surface area contributed by atoms with Crippen LogP contribution in [-0.2, 0) is 4.79 Å². The smallest absolute Gasteiger partial charge is 0.225 e. The molecular weight excluding hydrogens is 242 g/mol. The molecule has 5 nitrogen and oxygen atoms in total. The number of carbonyl (C=O) groups is 1. The maximum absolute atomic E-state index is 11.9. The van der Waals surface area contributed by atoms with Gasteiger partial charge in [-0.2, -0.15) is 0 Å². The van der Waals surface area contributed by atoms with Crippen molar-refractivity contribution >= 4 is 5.91 Å². The molecule has 0 bridgehead atoms. The van der Waals surface area contributed by atoms with Crippen LogP contribution in [0.25, 0.3) is 0 Å². The van der Waals surface area contributed by atoms with Gasteiger partial charge in [-0.25, -0.2) is 0 Å². The highest BCUT2D eigenvalue weighted by Crippen LogP contribution is 2.40. The highest BCUT2D eigenvalue weighted by atomic mass is 16.4. The molecule has 2 fully saturated rings. The summed E-state index contributed by atoms with van der Waals surface area (Å²) in [5, 5.41) is 8.32. The molecule has 0 unspecified atom stereocenters. The van der Waals surface area contributed by atoms with Crippen LogP contribution in [0.15, 0.2) is 4.42 Å². The summed E-state index contributed by atoms with van der Waals surface area (Å²) < 4.78 is 5.76. The van der Waals surface area contributed by atoms with E-state index in [-0.39, 0.29) is 11.8 Å². The van der Waals surface area contributed by atoms with Gasteiger partial charge in [-0.15, -0.1) is 10.2 Å². The van der Waals surface area contributed by atoms with Gasteiger partial charge in [0.1, 0.15) is 0 Å². The van der Waals surface area contributed by atoms with Crippen molar-refractivity contribution in [3.63, 3.8) is 0 Å². The van der Waals surface area contributed by atoms with E-state index in [1.54, 1.807) is 0 Å². The molecule has 1 amide bonds. The molecule has 0 N–H and O–H groups in total. The molecule has 19 heavy (non-hydrogen) atoms. The average molecular weight is 263 g/mol. The van der Waals surface area contributed by atoms with Crippen LogP contribution in [0.5, 0.6) is 0 Å². The molecule has 0 radical (unpaired) electrons. The van der Waals surface area contributed by atoms with E-state index in [4.69, 9.17) is 4.42 Å². The van der Waals surface area contributed by atoms with Crippen LogP contribution in [0.2, 0.25) is 0 Å². The van der Waals surface area contributed by atoms with Gasteiger partial charge >= 0.3 is 0 Å². The summed E-state index contributed by atoms with van der Waals surface area (Å²) in [6.45, 7) is 5.52. The molecular formula is C14H21N3O2. The number of rotatable bonds is 3. The second-order valence-electron chi connectivity index (χ2n) is 6.01. The predicted octanol–water partition coefficient (Wildman–Crippen LogP) is 2.31. The van der Waals surface area contributed by atoms with Gasteiger partial charge in [-0.3, -0.25) is 4.79 Å². The molecule has 104 valence electrons.